The molecule has 19 heavy (non-hydrogen) atoms. The van der Waals surface area contributed by atoms with Crippen LogP contribution in [0.25, 0.3) is 0 Å². The smallest absolute Gasteiger partial charge is 0.274 e. The first-order valence-corrected chi connectivity index (χ1v) is 7.23. The Labute approximate surface area is 114 Å². The predicted octanol–water partition coefficient (Wildman–Crippen LogP) is 1.02. The van der Waals surface area contributed by atoms with E-state index in [-0.39, 0.29) is 5.91 Å². The zero-order valence-corrected chi connectivity index (χ0v) is 11.5. The van der Waals surface area contributed by atoms with E-state index in [2.05, 4.69) is 15.2 Å². The van der Waals surface area contributed by atoms with Crippen LogP contribution in [0.4, 0.5) is 0 Å². The monoisotopic (exact) mass is 262 g/mol. The second-order valence-corrected chi connectivity index (χ2v) is 5.81. The highest BCUT2D eigenvalue weighted by Gasteiger charge is 2.35. The molecule has 1 amide bonds. The van der Waals surface area contributed by atoms with Crippen LogP contribution in [0, 0.1) is 5.92 Å². The van der Waals surface area contributed by atoms with Gasteiger partial charge in [-0.05, 0) is 44.7 Å². The molecule has 104 valence electrons. The number of nitrogens with one attached hydrogen (secondary N) is 1. The van der Waals surface area contributed by atoms with E-state index in [1.165, 1.54) is 12.8 Å². The van der Waals surface area contributed by atoms with Gasteiger partial charge in [-0.3, -0.25) is 4.79 Å². The van der Waals surface area contributed by atoms with E-state index < -0.39 is 0 Å². The Morgan fingerprint density at radius 2 is 2.16 bits per heavy atom. The van der Waals surface area contributed by atoms with Crippen LogP contribution < -0.4 is 5.32 Å². The molecule has 0 aromatic carbocycles. The molecule has 1 aliphatic heterocycles. The molecule has 0 unspecified atom stereocenters. The summed E-state index contributed by atoms with van der Waals surface area (Å²) in [5, 5.41) is 3.38. The van der Waals surface area contributed by atoms with Gasteiger partial charge < -0.3 is 14.8 Å². The van der Waals surface area contributed by atoms with Crippen LogP contribution in [0.3, 0.4) is 0 Å². The highest BCUT2D eigenvalue weighted by molar-refractivity contribution is 5.92. The number of imidazole rings is 1. The Morgan fingerprint density at radius 3 is 2.74 bits per heavy atom. The average Bonchev–Trinajstić information content (AvgIpc) is 3.18. The lowest BCUT2D eigenvalue weighted by molar-refractivity contribution is 0.0696. The van der Waals surface area contributed by atoms with Gasteiger partial charge in [-0.15, -0.1) is 0 Å². The minimum Gasteiger partial charge on any atom is -0.340 e. The van der Waals surface area contributed by atoms with Crippen molar-refractivity contribution in [3.8, 4) is 0 Å². The number of rotatable bonds is 4. The third-order valence-corrected chi connectivity index (χ3v) is 4.09. The Kier molecular flexibility index (Phi) is 3.55. The Bertz CT molecular complexity index is 446. The van der Waals surface area contributed by atoms with E-state index in [4.69, 9.17) is 0 Å². The maximum atomic E-state index is 12.5. The lowest BCUT2D eigenvalue weighted by Crippen LogP contribution is -2.40. The lowest BCUT2D eigenvalue weighted by atomic mass is 9.97. The molecule has 0 spiro atoms. The Morgan fingerprint density at radius 1 is 1.42 bits per heavy atom. The zero-order valence-electron chi connectivity index (χ0n) is 11.5. The molecular formula is C14H22N4O. The van der Waals surface area contributed by atoms with E-state index in [1.807, 2.05) is 17.8 Å². The summed E-state index contributed by atoms with van der Waals surface area (Å²) < 4.78 is 1.84. The van der Waals surface area contributed by atoms with E-state index in [1.54, 1.807) is 6.33 Å². The average molecular weight is 262 g/mol. The van der Waals surface area contributed by atoms with Gasteiger partial charge in [0.05, 0.1) is 6.33 Å². The molecule has 0 radical (unpaired) electrons. The van der Waals surface area contributed by atoms with Crippen molar-refractivity contribution in [3.63, 3.8) is 0 Å². The number of amides is 1. The normalized spacial score (nSPS) is 20.5. The summed E-state index contributed by atoms with van der Waals surface area (Å²) in [7, 11) is 1.90. The molecule has 2 fully saturated rings. The Balaban J connectivity index is 1.68. The quantitative estimate of drug-likeness (QED) is 0.881. The summed E-state index contributed by atoms with van der Waals surface area (Å²) in [6.07, 6.45) is 8.19. The number of carbonyl (C=O) groups is 1. The van der Waals surface area contributed by atoms with Gasteiger partial charge in [0.2, 0.25) is 0 Å². The summed E-state index contributed by atoms with van der Waals surface area (Å²) in [6.45, 7) is 3.07. The fourth-order valence-corrected chi connectivity index (χ4v) is 2.80. The molecule has 1 saturated carbocycles. The van der Waals surface area contributed by atoms with Crippen molar-refractivity contribution in [2.75, 3.05) is 19.6 Å². The lowest BCUT2D eigenvalue weighted by Gasteiger charge is -2.29. The summed E-state index contributed by atoms with van der Waals surface area (Å²) in [5.74, 6) is 0.760. The van der Waals surface area contributed by atoms with Gasteiger partial charge in [-0.1, -0.05) is 0 Å². The SMILES string of the molecule is Cn1cnc(C(=O)N(CC2CCNCC2)C2CC2)c1. The molecule has 2 aliphatic rings. The maximum absolute atomic E-state index is 12.5. The molecule has 2 heterocycles. The third-order valence-electron chi connectivity index (χ3n) is 4.09. The van der Waals surface area contributed by atoms with Crippen LogP contribution in [0.5, 0.6) is 0 Å². The minimum atomic E-state index is 0.113. The van der Waals surface area contributed by atoms with Crippen LogP contribution in [-0.2, 0) is 7.05 Å². The van der Waals surface area contributed by atoms with Crippen LogP contribution in [-0.4, -0.2) is 46.0 Å². The molecule has 5 nitrogen and oxygen atoms in total. The number of carbonyl (C=O) groups excluding carboxylic acids is 1. The van der Waals surface area contributed by atoms with Crippen molar-refractivity contribution in [3.05, 3.63) is 18.2 Å². The second-order valence-electron chi connectivity index (χ2n) is 5.81. The van der Waals surface area contributed by atoms with E-state index in [0.717, 1.165) is 32.5 Å². The molecule has 0 bridgehead atoms. The van der Waals surface area contributed by atoms with Crippen molar-refractivity contribution in [1.82, 2.24) is 19.8 Å². The highest BCUT2D eigenvalue weighted by Crippen LogP contribution is 2.30. The summed E-state index contributed by atoms with van der Waals surface area (Å²) in [5.41, 5.74) is 0.586. The van der Waals surface area contributed by atoms with Crippen LogP contribution >= 0.6 is 0 Å². The summed E-state index contributed by atoms with van der Waals surface area (Å²) in [4.78, 5) is 18.8. The van der Waals surface area contributed by atoms with E-state index in [9.17, 15) is 4.79 Å². The highest BCUT2D eigenvalue weighted by atomic mass is 16.2. The fourth-order valence-electron chi connectivity index (χ4n) is 2.80. The first-order valence-electron chi connectivity index (χ1n) is 7.23. The van der Waals surface area contributed by atoms with E-state index in [0.29, 0.717) is 17.7 Å². The molecule has 1 aromatic rings. The summed E-state index contributed by atoms with van der Waals surface area (Å²) in [6, 6.07) is 0.462. The van der Waals surface area contributed by atoms with E-state index >= 15 is 0 Å². The van der Waals surface area contributed by atoms with Crippen molar-refractivity contribution in [2.24, 2.45) is 13.0 Å². The van der Waals surface area contributed by atoms with Crippen molar-refractivity contribution in [1.29, 1.82) is 0 Å². The first-order chi connectivity index (χ1) is 9.24. The second kappa shape index (κ2) is 5.33. The molecule has 1 aromatic heterocycles. The predicted molar refractivity (Wildman–Crippen MR) is 72.9 cm³/mol. The molecular weight excluding hydrogens is 240 g/mol. The number of nitrogens with zero attached hydrogens (tertiary/aromatic N) is 3. The maximum Gasteiger partial charge on any atom is 0.274 e. The molecule has 1 aliphatic carbocycles. The number of piperidine rings is 1. The summed E-state index contributed by atoms with van der Waals surface area (Å²) >= 11 is 0. The first kappa shape index (κ1) is 12.7. The van der Waals surface area contributed by atoms with Gasteiger partial charge >= 0.3 is 0 Å². The number of aromatic nitrogens is 2. The van der Waals surface area contributed by atoms with Gasteiger partial charge in [0.25, 0.3) is 5.91 Å². The zero-order chi connectivity index (χ0) is 13.2. The fraction of sp³-hybridized carbons (Fsp3) is 0.714. The largest absolute Gasteiger partial charge is 0.340 e. The molecule has 1 N–H and O–H groups in total. The van der Waals surface area contributed by atoms with Gasteiger partial charge in [0.1, 0.15) is 5.69 Å². The topological polar surface area (TPSA) is 50.2 Å². The van der Waals surface area contributed by atoms with Gasteiger partial charge in [-0.25, -0.2) is 4.98 Å². The van der Waals surface area contributed by atoms with Crippen molar-refractivity contribution in [2.45, 2.75) is 31.7 Å². The standard InChI is InChI=1S/C14H22N4O/c1-17-9-13(16-10-17)14(19)18(12-2-3-12)8-11-4-6-15-7-5-11/h9-12,15H,2-8H2,1H3. The van der Waals surface area contributed by atoms with Gasteiger partial charge in [0.15, 0.2) is 0 Å². The number of hydrogen-bond donors (Lipinski definition) is 1. The molecule has 3 rings (SSSR count). The third kappa shape index (κ3) is 2.97. The molecule has 5 heteroatoms. The van der Waals surface area contributed by atoms with Crippen molar-refractivity contribution >= 4 is 5.91 Å². The number of aryl methyl sites for hydroxylation is 1. The minimum absolute atomic E-state index is 0.113. The van der Waals surface area contributed by atoms with Gasteiger partial charge in [-0.2, -0.15) is 0 Å². The van der Waals surface area contributed by atoms with Crippen molar-refractivity contribution < 1.29 is 4.79 Å². The molecule has 0 atom stereocenters. The number of hydrogen-bond acceptors (Lipinski definition) is 3. The molecule has 1 saturated heterocycles. The van der Waals surface area contributed by atoms with Gasteiger partial charge in [0, 0.05) is 25.8 Å². The van der Waals surface area contributed by atoms with Crippen LogP contribution in [0.15, 0.2) is 12.5 Å². The van der Waals surface area contributed by atoms with Crippen LogP contribution in [0.2, 0.25) is 0 Å². The Hall–Kier alpha value is -1.36. The van der Waals surface area contributed by atoms with Crippen LogP contribution in [0.1, 0.15) is 36.2 Å².